The molecule has 0 N–H and O–H groups in total. The smallest absolute Gasteiger partial charge is 0.722 e. The molecule has 0 spiro atoms. The monoisotopic (exact) mass is 276 g/mol. The molecule has 0 saturated carbocycles. The SMILES string of the molecule is O=S(=O)([O-])F.O=S(=O)([O-])F.[K+].[K+]. The molecule has 6 nitrogen and oxygen atoms in total. The minimum absolute atomic E-state index is 0. The molecule has 0 bridgehead atoms. The van der Waals surface area contributed by atoms with Gasteiger partial charge in [0, 0.05) is 0 Å². The Balaban J connectivity index is -0.0000000457. The molecule has 0 fully saturated rings. The Bertz CT molecular complexity index is 218. The maximum atomic E-state index is 10.1. The molecule has 12 heteroatoms. The van der Waals surface area contributed by atoms with Crippen LogP contribution in [0.1, 0.15) is 0 Å². The molecule has 0 heterocycles. The maximum absolute atomic E-state index is 10.1. The molecule has 0 aromatic rings. The first kappa shape index (κ1) is 24.3. The van der Waals surface area contributed by atoms with E-state index in [1.165, 1.54) is 0 Å². The van der Waals surface area contributed by atoms with Crippen LogP contribution in [0.25, 0.3) is 0 Å². The zero-order valence-corrected chi connectivity index (χ0v) is 13.9. The summed E-state index contributed by atoms with van der Waals surface area (Å²) < 4.78 is 70.7. The van der Waals surface area contributed by atoms with E-state index in [2.05, 4.69) is 0 Å². The Kier molecular flexibility index (Phi) is 21.2. The summed E-state index contributed by atoms with van der Waals surface area (Å²) >= 11 is 0. The summed E-state index contributed by atoms with van der Waals surface area (Å²) in [6.45, 7) is 0. The summed E-state index contributed by atoms with van der Waals surface area (Å²) in [6.07, 6.45) is 0. The van der Waals surface area contributed by atoms with Crippen LogP contribution in [0.2, 0.25) is 0 Å². The third-order valence-corrected chi connectivity index (χ3v) is 0. The van der Waals surface area contributed by atoms with Gasteiger partial charge in [0.2, 0.25) is 0 Å². The van der Waals surface area contributed by atoms with E-state index >= 15 is 0 Å². The zero-order valence-electron chi connectivity index (χ0n) is 6.02. The first-order chi connectivity index (χ1) is 4.00. The summed E-state index contributed by atoms with van der Waals surface area (Å²) in [4.78, 5) is 0. The molecule has 0 amide bonds. The van der Waals surface area contributed by atoms with Crippen molar-refractivity contribution < 1.29 is 136 Å². The van der Waals surface area contributed by atoms with Crippen molar-refractivity contribution in [3.05, 3.63) is 0 Å². The van der Waals surface area contributed by atoms with E-state index in [0.29, 0.717) is 0 Å². The Morgan fingerprint density at radius 1 is 0.750 bits per heavy atom. The molecule has 0 atom stereocenters. The van der Waals surface area contributed by atoms with Gasteiger partial charge in [-0.15, -0.1) is 7.77 Å². The van der Waals surface area contributed by atoms with Gasteiger partial charge < -0.3 is 9.11 Å². The van der Waals surface area contributed by atoms with Crippen molar-refractivity contribution >= 4 is 21.0 Å². The van der Waals surface area contributed by atoms with Crippen molar-refractivity contribution in [1.82, 2.24) is 0 Å². The van der Waals surface area contributed by atoms with E-state index < -0.39 is 21.0 Å². The van der Waals surface area contributed by atoms with Crippen LogP contribution in [-0.2, 0) is 21.0 Å². The summed E-state index contributed by atoms with van der Waals surface area (Å²) in [7, 11) is -10.8. The zero-order chi connectivity index (χ0) is 9.00. The van der Waals surface area contributed by atoms with Crippen LogP contribution in [0.3, 0.4) is 0 Å². The van der Waals surface area contributed by atoms with E-state index in [1.54, 1.807) is 0 Å². The molecule has 0 aromatic heterocycles. The molecular weight excluding hydrogens is 276 g/mol. The van der Waals surface area contributed by atoms with Crippen molar-refractivity contribution in [1.29, 1.82) is 0 Å². The molecule has 0 aromatic carbocycles. The van der Waals surface area contributed by atoms with Crippen molar-refractivity contribution in [2.24, 2.45) is 0 Å². The fraction of sp³-hybridized carbons (Fsp3) is 0. The second kappa shape index (κ2) is 10.5. The predicted molar refractivity (Wildman–Crippen MR) is 21.6 cm³/mol. The molecule has 64 valence electrons. The van der Waals surface area contributed by atoms with Crippen molar-refractivity contribution in [3.63, 3.8) is 0 Å². The average molecular weight is 276 g/mol. The Labute approximate surface area is 153 Å². The number of hydrogen-bond acceptors (Lipinski definition) is 6. The molecule has 0 rings (SSSR count). The van der Waals surface area contributed by atoms with E-state index in [0.717, 1.165) is 0 Å². The average Bonchev–Trinajstić information content (AvgIpc) is 1.12. The first-order valence-electron chi connectivity index (χ1n) is 1.31. The van der Waals surface area contributed by atoms with Gasteiger partial charge in [0.05, 0.1) is 0 Å². The first-order valence-corrected chi connectivity index (χ1v) is 3.93. The number of hydrogen-bond donors (Lipinski definition) is 0. The van der Waals surface area contributed by atoms with E-state index in [4.69, 9.17) is 25.9 Å². The van der Waals surface area contributed by atoms with E-state index in [1.807, 2.05) is 0 Å². The van der Waals surface area contributed by atoms with Gasteiger partial charge in [-0.1, -0.05) is 0 Å². The molecule has 0 saturated heterocycles. The fourth-order valence-electron chi connectivity index (χ4n) is 0. The topological polar surface area (TPSA) is 114 Å². The number of halogens is 2. The van der Waals surface area contributed by atoms with Crippen LogP contribution >= 0.6 is 0 Å². The molecule has 0 radical (unpaired) electrons. The van der Waals surface area contributed by atoms with Crippen LogP contribution in [0, 0.1) is 0 Å². The van der Waals surface area contributed by atoms with Gasteiger partial charge in [-0.25, -0.2) is 16.8 Å². The van der Waals surface area contributed by atoms with Crippen LogP contribution in [0.5, 0.6) is 0 Å². The maximum Gasteiger partial charge on any atom is 1.00 e. The van der Waals surface area contributed by atoms with E-state index in [9.17, 15) is 7.77 Å². The third kappa shape index (κ3) is 212. The third-order valence-electron chi connectivity index (χ3n) is 0. The molecule has 0 aliphatic rings. The Morgan fingerprint density at radius 2 is 0.750 bits per heavy atom. The predicted octanol–water partition coefficient (Wildman–Crippen LogP) is -7.16. The minimum atomic E-state index is -5.42. The van der Waals surface area contributed by atoms with Crippen molar-refractivity contribution in [2.75, 3.05) is 0 Å². The van der Waals surface area contributed by atoms with E-state index in [-0.39, 0.29) is 103 Å². The molecule has 0 aliphatic heterocycles. The minimum Gasteiger partial charge on any atom is -0.722 e. The van der Waals surface area contributed by atoms with Gasteiger partial charge in [-0.3, -0.25) is 0 Å². The molecular formula is F2K2O6S2. The normalized spacial score (nSPS) is 9.67. The van der Waals surface area contributed by atoms with Crippen LogP contribution < -0.4 is 103 Å². The fourth-order valence-corrected chi connectivity index (χ4v) is 0. The van der Waals surface area contributed by atoms with Gasteiger partial charge >= 0.3 is 103 Å². The quantitative estimate of drug-likeness (QED) is 0.247. The molecule has 12 heavy (non-hydrogen) atoms. The van der Waals surface area contributed by atoms with Crippen molar-refractivity contribution in [2.45, 2.75) is 0 Å². The standard InChI is InChI=1S/2FHO3S.2K/c2*1-5(2,3)4;;/h2*(H,2,3,4);;/q;;2*+1/p-2. The second-order valence-electron chi connectivity index (χ2n) is 0.786. The van der Waals surface area contributed by atoms with Gasteiger partial charge in [0.25, 0.3) is 21.0 Å². The van der Waals surface area contributed by atoms with Gasteiger partial charge in [0.15, 0.2) is 0 Å². The molecule has 0 unspecified atom stereocenters. The van der Waals surface area contributed by atoms with Gasteiger partial charge in [0.1, 0.15) is 0 Å². The van der Waals surface area contributed by atoms with Crippen LogP contribution in [0.15, 0.2) is 0 Å². The summed E-state index contributed by atoms with van der Waals surface area (Å²) in [5, 5.41) is 0. The number of rotatable bonds is 0. The van der Waals surface area contributed by atoms with Crippen LogP contribution in [0.4, 0.5) is 7.77 Å². The van der Waals surface area contributed by atoms with Gasteiger partial charge in [-0.2, -0.15) is 0 Å². The Morgan fingerprint density at radius 3 is 0.750 bits per heavy atom. The van der Waals surface area contributed by atoms with Gasteiger partial charge in [-0.05, 0) is 0 Å². The Hall–Kier alpha value is 2.95. The summed E-state index contributed by atoms with van der Waals surface area (Å²) in [5.74, 6) is 0. The van der Waals surface area contributed by atoms with Crippen molar-refractivity contribution in [3.8, 4) is 0 Å². The second-order valence-corrected chi connectivity index (χ2v) is 2.36. The van der Waals surface area contributed by atoms with Crippen LogP contribution in [-0.4, -0.2) is 25.9 Å². The summed E-state index contributed by atoms with van der Waals surface area (Å²) in [6, 6.07) is 0. The largest absolute Gasteiger partial charge is 1.00 e. The summed E-state index contributed by atoms with van der Waals surface area (Å²) in [5.41, 5.74) is 0. The molecule has 0 aliphatic carbocycles.